The zero-order valence-electron chi connectivity index (χ0n) is 8.90. The number of aromatic nitrogens is 2. The molecule has 0 radical (unpaired) electrons. The van der Waals surface area contributed by atoms with Gasteiger partial charge >= 0.3 is 0 Å². The largest absolute Gasteiger partial charge is 0.368 e. The van der Waals surface area contributed by atoms with Gasteiger partial charge in [-0.25, -0.2) is 4.98 Å². The molecule has 1 unspecified atom stereocenters. The van der Waals surface area contributed by atoms with Crippen LogP contribution in [0.1, 0.15) is 6.92 Å². The fourth-order valence-electron chi connectivity index (χ4n) is 1.08. The Bertz CT molecular complexity index is 406. The van der Waals surface area contributed by atoms with Crippen LogP contribution in [0, 0.1) is 0 Å². The number of H-pyrrole nitrogens is 1. The topological polar surface area (TPSA) is 101 Å². The average molecular weight is 242 g/mol. The summed E-state index contributed by atoms with van der Waals surface area (Å²) in [5, 5.41) is 3.43. The molecule has 1 amide bonds. The van der Waals surface area contributed by atoms with Crippen LogP contribution in [0.4, 0.5) is 0 Å². The summed E-state index contributed by atoms with van der Waals surface area (Å²) in [5.74, 6) is 0.0310. The van der Waals surface area contributed by atoms with Crippen LogP contribution in [0.25, 0.3) is 0 Å². The molecule has 0 saturated carbocycles. The molecule has 0 aliphatic rings. The van der Waals surface area contributed by atoms with Gasteiger partial charge in [0.05, 0.1) is 6.04 Å². The van der Waals surface area contributed by atoms with E-state index >= 15 is 0 Å². The van der Waals surface area contributed by atoms with E-state index in [1.807, 2.05) is 6.92 Å². The average Bonchev–Trinajstić information content (AvgIpc) is 2.24. The van der Waals surface area contributed by atoms with Crippen molar-refractivity contribution in [3.05, 3.63) is 22.6 Å². The van der Waals surface area contributed by atoms with Gasteiger partial charge in [0.2, 0.25) is 5.91 Å². The Balaban J connectivity index is 2.55. The van der Waals surface area contributed by atoms with E-state index in [0.717, 1.165) is 0 Å². The molecule has 1 atom stereocenters. The highest BCUT2D eigenvalue weighted by atomic mass is 32.2. The summed E-state index contributed by atoms with van der Waals surface area (Å²) in [6.45, 7) is 2.55. The fraction of sp³-hybridized carbons (Fsp3) is 0.444. The van der Waals surface area contributed by atoms with E-state index in [2.05, 4.69) is 15.3 Å². The Labute approximate surface area is 97.0 Å². The molecule has 0 bridgehead atoms. The quantitative estimate of drug-likeness (QED) is 0.453. The van der Waals surface area contributed by atoms with Crippen LogP contribution in [0.5, 0.6) is 0 Å². The van der Waals surface area contributed by atoms with Gasteiger partial charge in [0.25, 0.3) is 5.56 Å². The molecular weight excluding hydrogens is 228 g/mol. The molecule has 0 spiro atoms. The highest BCUT2D eigenvalue weighted by Gasteiger charge is 2.14. The van der Waals surface area contributed by atoms with Crippen molar-refractivity contribution in [2.24, 2.45) is 5.73 Å². The number of hydrogen-bond acceptors (Lipinski definition) is 5. The highest BCUT2D eigenvalue weighted by molar-refractivity contribution is 7.99. The van der Waals surface area contributed by atoms with Crippen molar-refractivity contribution in [2.75, 3.05) is 12.3 Å². The molecule has 0 aromatic carbocycles. The normalized spacial score (nSPS) is 12.3. The van der Waals surface area contributed by atoms with Gasteiger partial charge in [-0.2, -0.15) is 0 Å². The van der Waals surface area contributed by atoms with Crippen molar-refractivity contribution in [2.45, 2.75) is 18.1 Å². The predicted molar refractivity (Wildman–Crippen MR) is 62.2 cm³/mol. The van der Waals surface area contributed by atoms with Gasteiger partial charge in [0.15, 0.2) is 5.16 Å². The summed E-state index contributed by atoms with van der Waals surface area (Å²) < 4.78 is 0. The number of nitrogens with one attached hydrogen (secondary N) is 2. The summed E-state index contributed by atoms with van der Waals surface area (Å²) in [7, 11) is 0. The Morgan fingerprint density at radius 2 is 2.50 bits per heavy atom. The molecular formula is C9H14N4O2S. The van der Waals surface area contributed by atoms with E-state index in [-0.39, 0.29) is 5.56 Å². The van der Waals surface area contributed by atoms with Gasteiger partial charge in [-0.05, 0) is 6.54 Å². The maximum atomic E-state index is 11.0. The molecule has 1 aromatic rings. The molecule has 1 heterocycles. The summed E-state index contributed by atoms with van der Waals surface area (Å²) >= 11 is 1.28. The zero-order valence-corrected chi connectivity index (χ0v) is 9.71. The third kappa shape index (κ3) is 4.03. The van der Waals surface area contributed by atoms with Crippen molar-refractivity contribution in [1.82, 2.24) is 15.3 Å². The maximum Gasteiger partial charge on any atom is 0.251 e. The van der Waals surface area contributed by atoms with Gasteiger partial charge in [-0.3, -0.25) is 9.59 Å². The van der Waals surface area contributed by atoms with Crippen molar-refractivity contribution in [3.8, 4) is 0 Å². The molecule has 88 valence electrons. The molecule has 0 aliphatic heterocycles. The summed E-state index contributed by atoms with van der Waals surface area (Å²) in [5.41, 5.74) is 5.00. The smallest absolute Gasteiger partial charge is 0.251 e. The molecule has 7 heteroatoms. The fourth-order valence-corrected chi connectivity index (χ4v) is 1.99. The van der Waals surface area contributed by atoms with Crippen molar-refractivity contribution in [1.29, 1.82) is 0 Å². The van der Waals surface area contributed by atoms with E-state index in [4.69, 9.17) is 5.73 Å². The van der Waals surface area contributed by atoms with Crippen molar-refractivity contribution >= 4 is 17.7 Å². The Morgan fingerprint density at radius 3 is 3.06 bits per heavy atom. The lowest BCUT2D eigenvalue weighted by Gasteiger charge is -2.12. The second-order valence-electron chi connectivity index (χ2n) is 3.06. The minimum absolute atomic E-state index is 0.212. The van der Waals surface area contributed by atoms with E-state index in [0.29, 0.717) is 17.5 Å². The number of likely N-dealkylation sites (N-methyl/N-ethyl adjacent to an activating group) is 1. The monoisotopic (exact) mass is 242 g/mol. The Hall–Kier alpha value is -1.34. The first-order chi connectivity index (χ1) is 7.63. The number of rotatable bonds is 6. The third-order valence-electron chi connectivity index (χ3n) is 1.83. The molecule has 0 saturated heterocycles. The summed E-state index contributed by atoms with van der Waals surface area (Å²) in [4.78, 5) is 28.5. The molecule has 1 rings (SSSR count). The maximum absolute atomic E-state index is 11.0. The molecule has 0 fully saturated rings. The lowest BCUT2D eigenvalue weighted by Crippen LogP contribution is -2.43. The number of aromatic amines is 1. The number of amides is 1. The molecule has 6 nitrogen and oxygen atoms in total. The SMILES string of the molecule is CCNC(CSc1nccc(=O)[nH]1)C(N)=O. The minimum Gasteiger partial charge on any atom is -0.368 e. The minimum atomic E-state index is -0.416. The first kappa shape index (κ1) is 12.7. The van der Waals surface area contributed by atoms with E-state index in [9.17, 15) is 9.59 Å². The number of nitrogens with two attached hydrogens (primary N) is 1. The van der Waals surface area contributed by atoms with E-state index in [1.54, 1.807) is 0 Å². The molecule has 16 heavy (non-hydrogen) atoms. The first-order valence-corrected chi connectivity index (χ1v) is 5.83. The molecule has 0 aliphatic carbocycles. The molecule has 4 N–H and O–H groups in total. The second-order valence-corrected chi connectivity index (χ2v) is 4.07. The lowest BCUT2D eigenvalue weighted by atomic mass is 10.3. The number of carbonyl (C=O) groups excluding carboxylic acids is 1. The number of thioether (sulfide) groups is 1. The number of hydrogen-bond donors (Lipinski definition) is 3. The lowest BCUT2D eigenvalue weighted by molar-refractivity contribution is -0.119. The number of nitrogens with zero attached hydrogens (tertiary/aromatic N) is 1. The van der Waals surface area contributed by atoms with E-state index in [1.165, 1.54) is 24.0 Å². The summed E-state index contributed by atoms with van der Waals surface area (Å²) in [6.07, 6.45) is 1.42. The third-order valence-corrected chi connectivity index (χ3v) is 2.81. The molecule has 1 aromatic heterocycles. The Morgan fingerprint density at radius 1 is 1.75 bits per heavy atom. The van der Waals surface area contributed by atoms with E-state index < -0.39 is 11.9 Å². The number of carbonyl (C=O) groups is 1. The Kier molecular flexibility index (Phi) is 5.00. The summed E-state index contributed by atoms with van der Waals surface area (Å²) in [6, 6.07) is 0.917. The predicted octanol–water partition coefficient (Wildman–Crippen LogP) is -0.675. The second kappa shape index (κ2) is 6.29. The highest BCUT2D eigenvalue weighted by Crippen LogP contribution is 2.11. The van der Waals surface area contributed by atoms with Crippen LogP contribution in [0.3, 0.4) is 0 Å². The van der Waals surface area contributed by atoms with Crippen LogP contribution >= 0.6 is 11.8 Å². The van der Waals surface area contributed by atoms with Crippen LogP contribution in [-0.4, -0.2) is 34.2 Å². The first-order valence-electron chi connectivity index (χ1n) is 4.84. The van der Waals surface area contributed by atoms with Gasteiger partial charge < -0.3 is 16.0 Å². The van der Waals surface area contributed by atoms with Crippen molar-refractivity contribution < 1.29 is 4.79 Å². The van der Waals surface area contributed by atoms with Gasteiger partial charge in [-0.1, -0.05) is 18.7 Å². The number of primary amides is 1. The standard InChI is InChI=1S/C9H14N4O2S/c1-2-11-6(8(10)15)5-16-9-12-4-3-7(14)13-9/h3-4,6,11H,2,5H2,1H3,(H2,10,15)(H,12,13,14). The van der Waals surface area contributed by atoms with Crippen LogP contribution in [-0.2, 0) is 4.79 Å². The van der Waals surface area contributed by atoms with Crippen LogP contribution in [0.15, 0.2) is 22.2 Å². The van der Waals surface area contributed by atoms with Crippen LogP contribution in [0.2, 0.25) is 0 Å². The van der Waals surface area contributed by atoms with Gasteiger partial charge in [-0.15, -0.1) is 0 Å². The van der Waals surface area contributed by atoms with Gasteiger partial charge in [0.1, 0.15) is 0 Å². The van der Waals surface area contributed by atoms with Crippen molar-refractivity contribution in [3.63, 3.8) is 0 Å². The van der Waals surface area contributed by atoms with Gasteiger partial charge in [0, 0.05) is 18.0 Å². The zero-order chi connectivity index (χ0) is 12.0. The van der Waals surface area contributed by atoms with Crippen LogP contribution < -0.4 is 16.6 Å².